The fourth-order valence-corrected chi connectivity index (χ4v) is 0.738. The highest BCUT2D eigenvalue weighted by atomic mass is 32.2. The number of carbonyl (C=O) groups excluding carboxylic acids is 1. The molecule has 11 heavy (non-hydrogen) atoms. The van der Waals surface area contributed by atoms with Gasteiger partial charge in [0.25, 0.3) is 0 Å². The maximum Gasteiger partial charge on any atom is 0.234 e. The molecule has 0 aromatic heterocycles. The summed E-state index contributed by atoms with van der Waals surface area (Å²) in [6.45, 7) is 1.83. The molecule has 0 heterocycles. The first-order chi connectivity index (χ1) is 4.95. The average Bonchev–Trinajstić information content (AvgIpc) is 1.83. The Hall–Kier alpha value is -0.620. The predicted octanol–water partition coefficient (Wildman–Crippen LogP) is -0.633. The normalized spacial score (nSPS) is 11.1. The van der Waals surface area contributed by atoms with Gasteiger partial charge in [0.2, 0.25) is 15.9 Å². The van der Waals surface area contributed by atoms with Crippen molar-refractivity contribution in [3.05, 3.63) is 0 Å². The molecule has 0 spiro atoms. The first-order valence-corrected chi connectivity index (χ1v) is 5.10. The summed E-state index contributed by atoms with van der Waals surface area (Å²) in [6.07, 6.45) is 1.99. The van der Waals surface area contributed by atoms with Crippen molar-refractivity contribution >= 4 is 15.9 Å². The van der Waals surface area contributed by atoms with Crippen LogP contribution in [0.25, 0.3) is 0 Å². The molecule has 6 heteroatoms. The van der Waals surface area contributed by atoms with Crippen LogP contribution >= 0.6 is 0 Å². The van der Waals surface area contributed by atoms with E-state index in [2.05, 4.69) is 0 Å². The molecule has 0 radical (unpaired) electrons. The standard InChI is InChI=1S/C5H12N2O3S/c1-3-4-5(8)6-7-11(2,9)10/h7H,3-4H2,1-2H3,(H,6,8). The van der Waals surface area contributed by atoms with E-state index in [1.54, 1.807) is 0 Å². The molecule has 0 fully saturated rings. The lowest BCUT2D eigenvalue weighted by Gasteiger charge is -2.02. The third-order valence-electron chi connectivity index (χ3n) is 0.853. The molecule has 5 nitrogen and oxygen atoms in total. The van der Waals surface area contributed by atoms with E-state index < -0.39 is 10.0 Å². The summed E-state index contributed by atoms with van der Waals surface area (Å²) in [7, 11) is -3.32. The Kier molecular flexibility index (Phi) is 4.06. The van der Waals surface area contributed by atoms with E-state index in [1.165, 1.54) is 0 Å². The number of rotatable bonds is 4. The van der Waals surface area contributed by atoms with Crippen LogP contribution in [0, 0.1) is 0 Å². The summed E-state index contributed by atoms with van der Waals surface area (Å²) in [5, 5.41) is 0. The van der Waals surface area contributed by atoms with Gasteiger partial charge in [-0.05, 0) is 6.42 Å². The maximum atomic E-state index is 10.7. The van der Waals surface area contributed by atoms with E-state index in [-0.39, 0.29) is 5.91 Å². The number of hydrazine groups is 1. The first kappa shape index (κ1) is 10.4. The minimum atomic E-state index is -3.32. The van der Waals surface area contributed by atoms with Crippen LogP contribution in [0.2, 0.25) is 0 Å². The van der Waals surface area contributed by atoms with Crippen LogP contribution in [0.1, 0.15) is 19.8 Å². The molecule has 0 aliphatic carbocycles. The van der Waals surface area contributed by atoms with Gasteiger partial charge in [0.1, 0.15) is 0 Å². The Morgan fingerprint density at radius 1 is 1.45 bits per heavy atom. The molecule has 0 saturated heterocycles. The topological polar surface area (TPSA) is 75.3 Å². The molecule has 66 valence electrons. The van der Waals surface area contributed by atoms with Crippen molar-refractivity contribution in [3.8, 4) is 0 Å². The van der Waals surface area contributed by atoms with Crippen LogP contribution in [0.4, 0.5) is 0 Å². The Morgan fingerprint density at radius 2 is 2.00 bits per heavy atom. The quantitative estimate of drug-likeness (QED) is 0.565. The molecular weight excluding hydrogens is 168 g/mol. The second kappa shape index (κ2) is 4.30. The summed E-state index contributed by atoms with van der Waals surface area (Å²) in [5.74, 6) is -0.321. The predicted molar refractivity (Wildman–Crippen MR) is 41.0 cm³/mol. The fourth-order valence-electron chi connectivity index (χ4n) is 0.439. The zero-order valence-corrected chi connectivity index (χ0v) is 7.36. The Labute approximate surface area is 66.2 Å². The lowest BCUT2D eigenvalue weighted by atomic mass is 10.3. The summed E-state index contributed by atoms with van der Waals surface area (Å²) in [5.41, 5.74) is 2.05. The van der Waals surface area contributed by atoms with Crippen molar-refractivity contribution in [2.45, 2.75) is 19.8 Å². The van der Waals surface area contributed by atoms with Crippen LogP contribution in [-0.4, -0.2) is 20.6 Å². The molecule has 0 unspecified atom stereocenters. The average molecular weight is 180 g/mol. The first-order valence-electron chi connectivity index (χ1n) is 3.21. The molecule has 1 amide bonds. The Bertz CT molecular complexity index is 222. The van der Waals surface area contributed by atoms with Crippen LogP contribution in [0.3, 0.4) is 0 Å². The third kappa shape index (κ3) is 7.27. The van der Waals surface area contributed by atoms with Gasteiger partial charge in [-0.3, -0.25) is 10.2 Å². The summed E-state index contributed by atoms with van der Waals surface area (Å²) in [6, 6.07) is 0. The van der Waals surface area contributed by atoms with E-state index in [0.717, 1.165) is 6.26 Å². The second-order valence-corrected chi connectivity index (χ2v) is 3.92. The van der Waals surface area contributed by atoms with Gasteiger partial charge in [-0.1, -0.05) is 6.92 Å². The second-order valence-electron chi connectivity index (χ2n) is 2.17. The number of sulfonamides is 1. The van der Waals surface area contributed by atoms with Gasteiger partial charge in [-0.15, -0.1) is 4.83 Å². The van der Waals surface area contributed by atoms with Crippen LogP contribution in [0.5, 0.6) is 0 Å². The van der Waals surface area contributed by atoms with Gasteiger partial charge in [0.05, 0.1) is 6.26 Å². The fraction of sp³-hybridized carbons (Fsp3) is 0.800. The zero-order valence-electron chi connectivity index (χ0n) is 6.55. The van der Waals surface area contributed by atoms with Crippen molar-refractivity contribution in [2.24, 2.45) is 0 Å². The third-order valence-corrected chi connectivity index (χ3v) is 1.33. The maximum absolute atomic E-state index is 10.7. The van der Waals surface area contributed by atoms with E-state index in [0.29, 0.717) is 12.8 Å². The molecule has 0 aliphatic heterocycles. The number of hydrogen-bond donors (Lipinski definition) is 2. The van der Waals surface area contributed by atoms with E-state index >= 15 is 0 Å². The Balaban J connectivity index is 3.64. The SMILES string of the molecule is CCCC(=O)NNS(C)(=O)=O. The van der Waals surface area contributed by atoms with Crippen LogP contribution < -0.4 is 10.3 Å². The van der Waals surface area contributed by atoms with Gasteiger partial charge in [-0.25, -0.2) is 8.42 Å². The highest BCUT2D eigenvalue weighted by Gasteiger charge is 2.02. The van der Waals surface area contributed by atoms with Gasteiger partial charge in [0, 0.05) is 6.42 Å². The van der Waals surface area contributed by atoms with Crippen molar-refractivity contribution in [1.82, 2.24) is 10.3 Å². The largest absolute Gasteiger partial charge is 0.278 e. The van der Waals surface area contributed by atoms with Gasteiger partial charge in [0.15, 0.2) is 0 Å². The zero-order chi connectivity index (χ0) is 8.91. The molecule has 0 aromatic rings. The molecule has 0 saturated carbocycles. The number of hydrogen-bond acceptors (Lipinski definition) is 3. The van der Waals surface area contributed by atoms with Crippen LogP contribution in [-0.2, 0) is 14.8 Å². The lowest BCUT2D eigenvalue weighted by Crippen LogP contribution is -2.40. The van der Waals surface area contributed by atoms with Crippen LogP contribution in [0.15, 0.2) is 0 Å². The molecule has 2 N–H and O–H groups in total. The minimum Gasteiger partial charge on any atom is -0.278 e. The Morgan fingerprint density at radius 3 is 2.36 bits per heavy atom. The molecule has 0 bridgehead atoms. The molecule has 0 rings (SSSR count). The van der Waals surface area contributed by atoms with Gasteiger partial charge >= 0.3 is 0 Å². The van der Waals surface area contributed by atoms with E-state index in [4.69, 9.17) is 0 Å². The van der Waals surface area contributed by atoms with Crippen molar-refractivity contribution in [3.63, 3.8) is 0 Å². The van der Waals surface area contributed by atoms with E-state index in [9.17, 15) is 13.2 Å². The smallest absolute Gasteiger partial charge is 0.234 e. The van der Waals surface area contributed by atoms with Gasteiger partial charge in [-0.2, -0.15) is 0 Å². The summed E-state index contributed by atoms with van der Waals surface area (Å²) < 4.78 is 20.8. The van der Waals surface area contributed by atoms with Crippen molar-refractivity contribution in [1.29, 1.82) is 0 Å². The highest BCUT2D eigenvalue weighted by Crippen LogP contribution is 1.83. The molecular formula is C5H12N2O3S. The van der Waals surface area contributed by atoms with Crippen molar-refractivity contribution < 1.29 is 13.2 Å². The van der Waals surface area contributed by atoms with Gasteiger partial charge < -0.3 is 0 Å². The number of amides is 1. The highest BCUT2D eigenvalue weighted by molar-refractivity contribution is 7.88. The number of carbonyl (C=O) groups is 1. The van der Waals surface area contributed by atoms with E-state index in [1.807, 2.05) is 17.2 Å². The minimum absolute atomic E-state index is 0.321. The summed E-state index contributed by atoms with van der Waals surface area (Å²) >= 11 is 0. The summed E-state index contributed by atoms with van der Waals surface area (Å²) in [4.78, 5) is 12.5. The monoisotopic (exact) mass is 180 g/mol. The van der Waals surface area contributed by atoms with Crippen molar-refractivity contribution in [2.75, 3.05) is 6.26 Å². The lowest BCUT2D eigenvalue weighted by molar-refractivity contribution is -0.121. The molecule has 0 atom stereocenters. The molecule has 0 aromatic carbocycles. The number of nitrogens with one attached hydrogen (secondary N) is 2. The molecule has 0 aliphatic rings.